The van der Waals surface area contributed by atoms with E-state index < -0.39 is 28.0 Å². The van der Waals surface area contributed by atoms with Crippen molar-refractivity contribution in [1.82, 2.24) is 4.72 Å². The lowest BCUT2D eigenvalue weighted by molar-refractivity contribution is -0.142. The fraction of sp³-hybridized carbons (Fsp3) is 0.400. The third kappa shape index (κ3) is 3.51. The number of aryl methyl sites for hydroxylation is 1. The van der Waals surface area contributed by atoms with E-state index in [9.17, 15) is 13.2 Å². The molecular weight excluding hydrogens is 290 g/mol. The van der Waals surface area contributed by atoms with Crippen molar-refractivity contribution >= 4 is 16.0 Å². The number of carboxylic acid groups (broad SMARTS) is 1. The summed E-state index contributed by atoms with van der Waals surface area (Å²) in [6.45, 7) is 3.62. The summed E-state index contributed by atoms with van der Waals surface area (Å²) < 4.78 is 27.5. The summed E-state index contributed by atoms with van der Waals surface area (Å²) in [6.07, 6.45) is 4.16. The predicted octanol–water partition coefficient (Wildman–Crippen LogP) is 2.00. The quantitative estimate of drug-likeness (QED) is 0.833. The Bertz CT molecular complexity index is 679. The van der Waals surface area contributed by atoms with Crippen molar-refractivity contribution in [3.8, 4) is 0 Å². The largest absolute Gasteiger partial charge is 0.481 e. The van der Waals surface area contributed by atoms with Gasteiger partial charge in [0.1, 0.15) is 0 Å². The molecule has 0 amide bonds. The summed E-state index contributed by atoms with van der Waals surface area (Å²) >= 11 is 0. The highest BCUT2D eigenvalue weighted by Crippen LogP contribution is 2.22. The molecule has 0 fully saturated rings. The van der Waals surface area contributed by atoms with Crippen LogP contribution in [0.3, 0.4) is 0 Å². The van der Waals surface area contributed by atoms with Crippen molar-refractivity contribution in [1.29, 1.82) is 0 Å². The van der Waals surface area contributed by atoms with Crippen LogP contribution in [0.5, 0.6) is 0 Å². The minimum absolute atomic E-state index is 0.244. The molecule has 1 aromatic carbocycles. The van der Waals surface area contributed by atoms with E-state index in [0.29, 0.717) is 12.0 Å². The van der Waals surface area contributed by atoms with Crippen LogP contribution in [-0.4, -0.2) is 25.5 Å². The van der Waals surface area contributed by atoms with Gasteiger partial charge in [0, 0.05) is 6.04 Å². The highest BCUT2D eigenvalue weighted by atomic mass is 32.2. The Morgan fingerprint density at radius 1 is 1.33 bits per heavy atom. The molecule has 0 saturated heterocycles. The first-order chi connectivity index (χ1) is 9.81. The van der Waals surface area contributed by atoms with Crippen molar-refractivity contribution in [3.63, 3.8) is 0 Å². The molecule has 2 rings (SSSR count). The number of rotatable bonds is 4. The number of carboxylic acids is 1. The third-order valence-electron chi connectivity index (χ3n) is 3.83. The summed E-state index contributed by atoms with van der Waals surface area (Å²) in [7, 11) is -3.66. The van der Waals surface area contributed by atoms with E-state index in [-0.39, 0.29) is 11.3 Å². The zero-order valence-corrected chi connectivity index (χ0v) is 12.9. The molecule has 0 aliphatic heterocycles. The smallest absolute Gasteiger partial charge is 0.306 e. The van der Waals surface area contributed by atoms with Crippen molar-refractivity contribution in [2.45, 2.75) is 37.6 Å². The molecule has 0 aromatic heterocycles. The summed E-state index contributed by atoms with van der Waals surface area (Å²) in [5.74, 6) is -1.43. The predicted molar refractivity (Wildman–Crippen MR) is 79.5 cm³/mol. The molecule has 0 spiro atoms. The van der Waals surface area contributed by atoms with Crippen LogP contribution in [0, 0.1) is 19.8 Å². The van der Waals surface area contributed by atoms with Crippen molar-refractivity contribution < 1.29 is 18.3 Å². The van der Waals surface area contributed by atoms with E-state index in [1.807, 2.05) is 13.0 Å². The molecule has 0 saturated carbocycles. The Labute approximate surface area is 124 Å². The SMILES string of the molecule is Cc1cccc(S(=O)(=O)N[C@H]2C=CC[C@H](C(=O)O)C2)c1C. The van der Waals surface area contributed by atoms with Crippen molar-refractivity contribution in [3.05, 3.63) is 41.5 Å². The van der Waals surface area contributed by atoms with E-state index in [1.165, 1.54) is 0 Å². The van der Waals surface area contributed by atoms with Crippen LogP contribution in [0.15, 0.2) is 35.2 Å². The molecule has 0 heterocycles. The molecule has 1 aromatic rings. The molecule has 0 unspecified atom stereocenters. The monoisotopic (exact) mass is 309 g/mol. The van der Waals surface area contributed by atoms with Gasteiger partial charge in [0.05, 0.1) is 10.8 Å². The van der Waals surface area contributed by atoms with Gasteiger partial charge in [0.25, 0.3) is 0 Å². The number of sulfonamides is 1. The second-order valence-electron chi connectivity index (χ2n) is 5.36. The van der Waals surface area contributed by atoms with E-state index in [0.717, 1.165) is 5.56 Å². The van der Waals surface area contributed by atoms with Crippen LogP contribution in [-0.2, 0) is 14.8 Å². The lowest BCUT2D eigenvalue weighted by Crippen LogP contribution is -2.38. The maximum Gasteiger partial charge on any atom is 0.306 e. The Balaban J connectivity index is 2.22. The van der Waals surface area contributed by atoms with Crippen molar-refractivity contribution in [2.24, 2.45) is 5.92 Å². The zero-order chi connectivity index (χ0) is 15.6. The Kier molecular flexibility index (Phi) is 4.49. The van der Waals surface area contributed by atoms with Crippen LogP contribution in [0.1, 0.15) is 24.0 Å². The Morgan fingerprint density at radius 3 is 2.71 bits per heavy atom. The molecule has 5 nitrogen and oxygen atoms in total. The molecule has 0 radical (unpaired) electrons. The van der Waals surface area contributed by atoms with Crippen LogP contribution < -0.4 is 4.72 Å². The van der Waals surface area contributed by atoms with E-state index in [1.54, 1.807) is 31.2 Å². The number of hydrogen-bond acceptors (Lipinski definition) is 3. The van der Waals surface area contributed by atoms with Gasteiger partial charge in [-0.3, -0.25) is 4.79 Å². The van der Waals surface area contributed by atoms with Gasteiger partial charge in [-0.15, -0.1) is 0 Å². The fourth-order valence-electron chi connectivity index (χ4n) is 2.46. The topological polar surface area (TPSA) is 83.5 Å². The van der Waals surface area contributed by atoms with Crippen LogP contribution in [0.4, 0.5) is 0 Å². The first-order valence-corrected chi connectivity index (χ1v) is 8.27. The van der Waals surface area contributed by atoms with Gasteiger partial charge in [-0.25, -0.2) is 13.1 Å². The molecule has 21 heavy (non-hydrogen) atoms. The standard InChI is InChI=1S/C15H19NO4S/c1-10-5-3-8-14(11(10)2)21(19,20)16-13-7-4-6-12(9-13)15(17)18/h3-5,7-8,12-13,16H,6,9H2,1-2H3,(H,17,18)/t12-,13-/m0/s1. The van der Waals surface area contributed by atoms with Gasteiger partial charge < -0.3 is 5.11 Å². The van der Waals surface area contributed by atoms with Gasteiger partial charge in [0.2, 0.25) is 10.0 Å². The summed E-state index contributed by atoms with van der Waals surface area (Å²) in [5.41, 5.74) is 1.61. The molecule has 2 N–H and O–H groups in total. The van der Waals surface area contributed by atoms with Gasteiger partial charge in [0.15, 0.2) is 0 Å². The van der Waals surface area contributed by atoms with Gasteiger partial charge in [-0.1, -0.05) is 24.3 Å². The zero-order valence-electron chi connectivity index (χ0n) is 12.0. The number of nitrogens with one attached hydrogen (secondary N) is 1. The number of allylic oxidation sites excluding steroid dienone is 1. The maximum absolute atomic E-state index is 12.5. The number of carbonyl (C=O) groups is 1. The van der Waals surface area contributed by atoms with Crippen LogP contribution >= 0.6 is 0 Å². The lowest BCUT2D eigenvalue weighted by Gasteiger charge is -2.23. The molecule has 1 aliphatic carbocycles. The molecular formula is C15H19NO4S. The second-order valence-corrected chi connectivity index (χ2v) is 7.04. The minimum atomic E-state index is -3.66. The number of hydrogen-bond donors (Lipinski definition) is 2. The molecule has 0 bridgehead atoms. The van der Waals surface area contributed by atoms with E-state index in [2.05, 4.69) is 4.72 Å². The van der Waals surface area contributed by atoms with Gasteiger partial charge >= 0.3 is 5.97 Å². The lowest BCUT2D eigenvalue weighted by atomic mass is 9.92. The van der Waals surface area contributed by atoms with Gasteiger partial charge in [-0.2, -0.15) is 0 Å². The minimum Gasteiger partial charge on any atom is -0.481 e. The fourth-order valence-corrected chi connectivity index (χ4v) is 3.98. The Morgan fingerprint density at radius 2 is 2.05 bits per heavy atom. The van der Waals surface area contributed by atoms with Crippen LogP contribution in [0.25, 0.3) is 0 Å². The van der Waals surface area contributed by atoms with Crippen molar-refractivity contribution in [2.75, 3.05) is 0 Å². The Hall–Kier alpha value is -1.66. The first kappa shape index (κ1) is 15.7. The summed E-state index contributed by atoms with van der Waals surface area (Å²) in [4.78, 5) is 11.3. The average Bonchev–Trinajstić information content (AvgIpc) is 2.41. The maximum atomic E-state index is 12.5. The average molecular weight is 309 g/mol. The molecule has 6 heteroatoms. The normalized spacial score (nSPS) is 22.2. The molecule has 114 valence electrons. The second kappa shape index (κ2) is 5.99. The summed E-state index contributed by atoms with van der Waals surface area (Å²) in [5, 5.41) is 9.04. The number of benzene rings is 1. The third-order valence-corrected chi connectivity index (χ3v) is 5.46. The van der Waals surface area contributed by atoms with Crippen LogP contribution in [0.2, 0.25) is 0 Å². The van der Waals surface area contributed by atoms with E-state index >= 15 is 0 Å². The number of aliphatic carboxylic acids is 1. The molecule has 2 atom stereocenters. The highest BCUT2D eigenvalue weighted by Gasteiger charge is 2.27. The van der Waals surface area contributed by atoms with Gasteiger partial charge in [-0.05, 0) is 43.9 Å². The summed E-state index contributed by atoms with van der Waals surface area (Å²) in [6, 6.07) is 4.64. The van der Waals surface area contributed by atoms with E-state index in [4.69, 9.17) is 5.11 Å². The molecule has 1 aliphatic rings. The first-order valence-electron chi connectivity index (χ1n) is 6.79. The highest BCUT2D eigenvalue weighted by molar-refractivity contribution is 7.89.